The molecule has 1 amide bonds. The number of aliphatic hydroxyl groups excluding tert-OH is 1. The molecule has 0 bridgehead atoms. The summed E-state index contributed by atoms with van der Waals surface area (Å²) in [7, 11) is 0. The van der Waals surface area contributed by atoms with Gasteiger partial charge in [-0.15, -0.1) is 12.4 Å². The van der Waals surface area contributed by atoms with Gasteiger partial charge in [0.05, 0.1) is 12.1 Å². The summed E-state index contributed by atoms with van der Waals surface area (Å²) in [5.41, 5.74) is 6.81. The Morgan fingerprint density at radius 2 is 2.09 bits per heavy atom. The van der Waals surface area contributed by atoms with Gasteiger partial charge in [0.2, 0.25) is 5.91 Å². The molecule has 0 radical (unpaired) electrons. The number of carbonyl (C=O) groups excluding carboxylic acids is 1. The van der Waals surface area contributed by atoms with E-state index in [9.17, 15) is 9.90 Å². The zero-order chi connectivity index (χ0) is 15.3. The quantitative estimate of drug-likeness (QED) is 0.775. The van der Waals surface area contributed by atoms with E-state index in [1.807, 2.05) is 37.3 Å². The van der Waals surface area contributed by atoms with Crippen LogP contribution in [0.3, 0.4) is 0 Å². The van der Waals surface area contributed by atoms with Gasteiger partial charge in [-0.05, 0) is 24.8 Å². The third kappa shape index (κ3) is 4.97. The van der Waals surface area contributed by atoms with E-state index in [1.54, 1.807) is 0 Å². The topological polar surface area (TPSA) is 75.4 Å². The van der Waals surface area contributed by atoms with E-state index in [0.717, 1.165) is 31.2 Å². The first-order valence-electron chi connectivity index (χ1n) is 7.76. The largest absolute Gasteiger partial charge is 0.392 e. The van der Waals surface area contributed by atoms with E-state index >= 15 is 0 Å². The van der Waals surface area contributed by atoms with Gasteiger partial charge in [0.25, 0.3) is 0 Å². The fraction of sp³-hybridized carbons (Fsp3) is 0.588. The Bertz CT molecular complexity index is 469. The Morgan fingerprint density at radius 3 is 2.73 bits per heavy atom. The molecule has 0 spiro atoms. The summed E-state index contributed by atoms with van der Waals surface area (Å²) in [6.45, 7) is 2.54. The number of halogens is 1. The first-order chi connectivity index (χ1) is 10.0. The molecule has 22 heavy (non-hydrogen) atoms. The maximum atomic E-state index is 12.1. The third-order valence-electron chi connectivity index (χ3n) is 4.58. The standard InChI is InChI=1S/C17H26N2O2.ClH/c1-17(10-6-5-9-15(17)20)12-19-16(21)14(18)11-13-7-3-2-4-8-13;/h2-4,7-8,14-15,20H,5-6,9-12,18H2,1H3,(H,19,21);1H/t14-,15?,17?;/m0./s1. The molecule has 1 aromatic carbocycles. The van der Waals surface area contributed by atoms with Gasteiger partial charge >= 0.3 is 0 Å². The van der Waals surface area contributed by atoms with Gasteiger partial charge in [-0.3, -0.25) is 4.79 Å². The molecule has 1 aliphatic rings. The number of benzene rings is 1. The second-order valence-corrected chi connectivity index (χ2v) is 6.43. The number of nitrogens with two attached hydrogens (primary N) is 1. The van der Waals surface area contributed by atoms with E-state index in [-0.39, 0.29) is 29.8 Å². The molecule has 4 nitrogen and oxygen atoms in total. The van der Waals surface area contributed by atoms with Crippen LogP contribution in [0.15, 0.2) is 30.3 Å². The van der Waals surface area contributed by atoms with Crippen LogP contribution >= 0.6 is 12.4 Å². The van der Waals surface area contributed by atoms with Gasteiger partial charge in [0.15, 0.2) is 0 Å². The minimum absolute atomic E-state index is 0. The second kappa shape index (κ2) is 8.51. The molecule has 1 aromatic rings. The van der Waals surface area contributed by atoms with Gasteiger partial charge in [-0.2, -0.15) is 0 Å². The van der Waals surface area contributed by atoms with E-state index in [2.05, 4.69) is 5.32 Å². The average molecular weight is 327 g/mol. The molecule has 124 valence electrons. The lowest BCUT2D eigenvalue weighted by Gasteiger charge is -2.38. The van der Waals surface area contributed by atoms with Crippen LogP contribution in [-0.4, -0.2) is 29.7 Å². The van der Waals surface area contributed by atoms with Crippen LogP contribution in [-0.2, 0) is 11.2 Å². The summed E-state index contributed by atoms with van der Waals surface area (Å²) < 4.78 is 0. The molecule has 0 saturated heterocycles. The molecule has 0 aliphatic heterocycles. The van der Waals surface area contributed by atoms with Crippen molar-refractivity contribution >= 4 is 18.3 Å². The second-order valence-electron chi connectivity index (χ2n) is 6.43. The normalized spacial score (nSPS) is 25.9. The number of amides is 1. The van der Waals surface area contributed by atoms with Crippen LogP contribution in [0.1, 0.15) is 38.2 Å². The smallest absolute Gasteiger partial charge is 0.237 e. The summed E-state index contributed by atoms with van der Waals surface area (Å²) in [6.07, 6.45) is 4.14. The number of nitrogens with one attached hydrogen (secondary N) is 1. The summed E-state index contributed by atoms with van der Waals surface area (Å²) in [5.74, 6) is -0.141. The predicted molar refractivity (Wildman–Crippen MR) is 91.0 cm³/mol. The maximum Gasteiger partial charge on any atom is 0.237 e. The Balaban J connectivity index is 0.00000242. The fourth-order valence-corrected chi connectivity index (χ4v) is 2.97. The molecule has 0 aromatic heterocycles. The first kappa shape index (κ1) is 18.9. The van der Waals surface area contributed by atoms with Crippen molar-refractivity contribution in [3.05, 3.63) is 35.9 Å². The number of aliphatic hydroxyl groups is 1. The Morgan fingerprint density at radius 1 is 1.41 bits per heavy atom. The minimum Gasteiger partial charge on any atom is -0.392 e. The molecular weight excluding hydrogens is 300 g/mol. The molecule has 4 N–H and O–H groups in total. The van der Waals surface area contributed by atoms with Crippen molar-refractivity contribution in [1.82, 2.24) is 5.32 Å². The third-order valence-corrected chi connectivity index (χ3v) is 4.58. The molecule has 5 heteroatoms. The van der Waals surface area contributed by atoms with E-state index in [4.69, 9.17) is 5.73 Å². The SMILES string of the molecule is CC1(CNC(=O)[C@@H](N)Cc2ccccc2)CCCCC1O.Cl. The van der Waals surface area contributed by atoms with Gasteiger partial charge in [0, 0.05) is 12.0 Å². The average Bonchev–Trinajstić information content (AvgIpc) is 2.49. The lowest BCUT2D eigenvalue weighted by molar-refractivity contribution is -0.123. The summed E-state index contributed by atoms with van der Waals surface area (Å²) in [5, 5.41) is 13.1. The fourth-order valence-electron chi connectivity index (χ4n) is 2.97. The van der Waals surface area contributed by atoms with E-state index in [1.165, 1.54) is 0 Å². The molecular formula is C17H27ClN2O2. The lowest BCUT2D eigenvalue weighted by atomic mass is 9.73. The van der Waals surface area contributed by atoms with Gasteiger partial charge in [-0.1, -0.05) is 50.1 Å². The van der Waals surface area contributed by atoms with E-state index < -0.39 is 6.04 Å². The summed E-state index contributed by atoms with van der Waals surface area (Å²) in [6, 6.07) is 9.23. The lowest BCUT2D eigenvalue weighted by Crippen LogP contribution is -2.49. The number of rotatable bonds is 5. The van der Waals surface area contributed by atoms with E-state index in [0.29, 0.717) is 13.0 Å². The van der Waals surface area contributed by atoms with Crippen LogP contribution in [0, 0.1) is 5.41 Å². The predicted octanol–water partition coefficient (Wildman–Crippen LogP) is 2.04. The van der Waals surface area contributed by atoms with Crippen molar-refractivity contribution < 1.29 is 9.90 Å². The number of hydrogen-bond acceptors (Lipinski definition) is 3. The van der Waals surface area contributed by atoms with Crippen molar-refractivity contribution in [3.8, 4) is 0 Å². The summed E-state index contributed by atoms with van der Waals surface area (Å²) in [4.78, 5) is 12.1. The van der Waals surface area contributed by atoms with Crippen LogP contribution in [0.25, 0.3) is 0 Å². The Kier molecular flexibility index (Phi) is 7.33. The van der Waals surface area contributed by atoms with Crippen molar-refractivity contribution in [2.24, 2.45) is 11.1 Å². The van der Waals surface area contributed by atoms with Crippen LogP contribution in [0.4, 0.5) is 0 Å². The maximum absolute atomic E-state index is 12.1. The highest BCUT2D eigenvalue weighted by atomic mass is 35.5. The molecule has 0 heterocycles. The molecule has 3 atom stereocenters. The molecule has 1 aliphatic carbocycles. The van der Waals surface area contributed by atoms with Crippen molar-refractivity contribution in [3.63, 3.8) is 0 Å². The van der Waals surface area contributed by atoms with Crippen molar-refractivity contribution in [2.45, 2.75) is 51.2 Å². The monoisotopic (exact) mass is 326 g/mol. The minimum atomic E-state index is -0.545. The van der Waals surface area contributed by atoms with Gasteiger partial charge in [0.1, 0.15) is 0 Å². The number of hydrogen-bond donors (Lipinski definition) is 3. The zero-order valence-corrected chi connectivity index (χ0v) is 13.9. The van der Waals surface area contributed by atoms with Gasteiger partial charge < -0.3 is 16.2 Å². The number of carbonyl (C=O) groups is 1. The van der Waals surface area contributed by atoms with Crippen molar-refractivity contribution in [1.29, 1.82) is 0 Å². The van der Waals surface area contributed by atoms with Crippen LogP contribution in [0.5, 0.6) is 0 Å². The highest BCUT2D eigenvalue weighted by Crippen LogP contribution is 2.35. The zero-order valence-electron chi connectivity index (χ0n) is 13.1. The van der Waals surface area contributed by atoms with Gasteiger partial charge in [-0.25, -0.2) is 0 Å². The molecule has 2 rings (SSSR count). The molecule has 1 saturated carbocycles. The van der Waals surface area contributed by atoms with Crippen molar-refractivity contribution in [2.75, 3.05) is 6.54 Å². The highest BCUT2D eigenvalue weighted by Gasteiger charge is 2.35. The molecule has 2 unspecified atom stereocenters. The first-order valence-corrected chi connectivity index (χ1v) is 7.76. The van der Waals surface area contributed by atoms with Crippen LogP contribution < -0.4 is 11.1 Å². The summed E-state index contributed by atoms with van der Waals surface area (Å²) >= 11 is 0. The van der Waals surface area contributed by atoms with Crippen LogP contribution in [0.2, 0.25) is 0 Å². The Hall–Kier alpha value is -1.10. The Labute approximate surface area is 138 Å². The molecule has 1 fully saturated rings. The highest BCUT2D eigenvalue weighted by molar-refractivity contribution is 5.85.